The molecule has 0 unspecified atom stereocenters. The van der Waals surface area contributed by atoms with Crippen LogP contribution in [0.5, 0.6) is 0 Å². The van der Waals surface area contributed by atoms with Gasteiger partial charge in [-0.1, -0.05) is 24.3 Å². The van der Waals surface area contributed by atoms with E-state index in [0.717, 1.165) is 19.9 Å². The molecule has 0 bridgehead atoms. The van der Waals surface area contributed by atoms with E-state index in [9.17, 15) is 4.79 Å². The van der Waals surface area contributed by atoms with E-state index < -0.39 is 5.97 Å². The molecule has 0 aliphatic rings. The van der Waals surface area contributed by atoms with Crippen molar-refractivity contribution in [1.82, 2.24) is 0 Å². The number of carbonyl (C=O) groups is 1. The number of aryl methyl sites for hydroxylation is 1. The maximum Gasteiger partial charge on any atom is 0.337 e. The van der Waals surface area contributed by atoms with Crippen molar-refractivity contribution in [2.75, 3.05) is 0 Å². The number of carboxylic acids is 1. The average molecular weight is 312 g/mol. The van der Waals surface area contributed by atoms with Gasteiger partial charge in [0.1, 0.15) is 0 Å². The number of halogens is 1. The zero-order valence-electron chi connectivity index (χ0n) is 8.12. The van der Waals surface area contributed by atoms with Crippen LogP contribution in [0, 0.1) is 10.5 Å². The van der Waals surface area contributed by atoms with Crippen LogP contribution in [0.25, 0.3) is 10.8 Å². The van der Waals surface area contributed by atoms with Gasteiger partial charge in [0.05, 0.1) is 5.56 Å². The quantitative estimate of drug-likeness (QED) is 0.819. The summed E-state index contributed by atoms with van der Waals surface area (Å²) in [6.45, 7) is 1.86. The summed E-state index contributed by atoms with van der Waals surface area (Å²) in [4.78, 5) is 11.1. The first-order chi connectivity index (χ1) is 7.11. The van der Waals surface area contributed by atoms with Gasteiger partial charge in [0.15, 0.2) is 0 Å². The van der Waals surface area contributed by atoms with Crippen molar-refractivity contribution in [3.8, 4) is 0 Å². The highest BCUT2D eigenvalue weighted by Gasteiger charge is 2.14. The lowest BCUT2D eigenvalue weighted by Gasteiger charge is -2.08. The summed E-state index contributed by atoms with van der Waals surface area (Å²) < 4.78 is 0.788. The predicted molar refractivity (Wildman–Crippen MR) is 68.4 cm³/mol. The van der Waals surface area contributed by atoms with Crippen molar-refractivity contribution in [3.63, 3.8) is 0 Å². The van der Waals surface area contributed by atoms with Crippen LogP contribution in [0.3, 0.4) is 0 Å². The lowest BCUT2D eigenvalue weighted by Crippen LogP contribution is -2.03. The van der Waals surface area contributed by atoms with Gasteiger partial charge in [-0.3, -0.25) is 0 Å². The predicted octanol–water partition coefficient (Wildman–Crippen LogP) is 3.45. The summed E-state index contributed by atoms with van der Waals surface area (Å²) in [5, 5.41) is 11.2. The molecule has 2 nitrogen and oxygen atoms in total. The van der Waals surface area contributed by atoms with Gasteiger partial charge in [-0.05, 0) is 51.9 Å². The molecule has 0 saturated carbocycles. The van der Waals surface area contributed by atoms with Crippen molar-refractivity contribution in [2.45, 2.75) is 6.92 Å². The van der Waals surface area contributed by atoms with Crippen LogP contribution in [-0.2, 0) is 0 Å². The minimum atomic E-state index is -0.859. The van der Waals surface area contributed by atoms with Crippen LogP contribution < -0.4 is 0 Å². The maximum atomic E-state index is 11.1. The van der Waals surface area contributed by atoms with Gasteiger partial charge in [-0.25, -0.2) is 4.79 Å². The Hall–Kier alpha value is -1.10. The average Bonchev–Trinajstić information content (AvgIpc) is 2.17. The normalized spacial score (nSPS) is 10.5. The van der Waals surface area contributed by atoms with Crippen LogP contribution in [0.2, 0.25) is 0 Å². The lowest BCUT2D eigenvalue weighted by atomic mass is 10.0. The summed E-state index contributed by atoms with van der Waals surface area (Å²) >= 11 is 2.07. The van der Waals surface area contributed by atoms with Gasteiger partial charge in [-0.15, -0.1) is 0 Å². The van der Waals surface area contributed by atoms with Gasteiger partial charge >= 0.3 is 5.97 Å². The number of fused-ring (bicyclic) bond motifs is 1. The highest BCUT2D eigenvalue weighted by Crippen LogP contribution is 2.26. The van der Waals surface area contributed by atoms with Crippen LogP contribution in [0.4, 0.5) is 0 Å². The van der Waals surface area contributed by atoms with Gasteiger partial charge in [0.2, 0.25) is 0 Å². The van der Waals surface area contributed by atoms with Gasteiger partial charge in [0, 0.05) is 3.57 Å². The monoisotopic (exact) mass is 312 g/mol. The van der Waals surface area contributed by atoms with E-state index >= 15 is 0 Å². The van der Waals surface area contributed by atoms with Crippen LogP contribution in [0.15, 0.2) is 30.3 Å². The van der Waals surface area contributed by atoms with Crippen LogP contribution in [-0.4, -0.2) is 11.1 Å². The standard InChI is InChI=1S/C12H9IO2/c1-7-9-5-3-2-4-8(9)6-10(13)11(7)12(14)15/h2-6H,1H3,(H,14,15). The van der Waals surface area contributed by atoms with Gasteiger partial charge in [0.25, 0.3) is 0 Å². The summed E-state index contributed by atoms with van der Waals surface area (Å²) in [5.41, 5.74) is 1.25. The largest absolute Gasteiger partial charge is 0.478 e. The van der Waals surface area contributed by atoms with E-state index in [1.807, 2.05) is 37.3 Å². The van der Waals surface area contributed by atoms with Crippen molar-refractivity contribution in [3.05, 3.63) is 45.0 Å². The molecule has 2 rings (SSSR count). The summed E-state index contributed by atoms with van der Waals surface area (Å²) in [6.07, 6.45) is 0. The SMILES string of the molecule is Cc1c(C(=O)O)c(I)cc2ccccc12. The third-order valence-corrected chi connectivity index (χ3v) is 3.33. The van der Waals surface area contributed by atoms with E-state index in [-0.39, 0.29) is 0 Å². The molecular weight excluding hydrogens is 303 g/mol. The molecule has 76 valence electrons. The first kappa shape index (κ1) is 10.4. The smallest absolute Gasteiger partial charge is 0.337 e. The summed E-state index contributed by atoms with van der Waals surface area (Å²) in [7, 11) is 0. The molecule has 3 heteroatoms. The first-order valence-electron chi connectivity index (χ1n) is 4.52. The second-order valence-corrected chi connectivity index (χ2v) is 4.55. The Labute approximate surface area is 101 Å². The van der Waals surface area contributed by atoms with E-state index in [1.54, 1.807) is 0 Å². The Morgan fingerprint density at radius 3 is 2.67 bits per heavy atom. The van der Waals surface area contributed by atoms with Crippen LogP contribution >= 0.6 is 22.6 Å². The molecular formula is C12H9IO2. The minimum Gasteiger partial charge on any atom is -0.478 e. The Morgan fingerprint density at radius 2 is 2.00 bits per heavy atom. The molecule has 0 aliphatic heterocycles. The van der Waals surface area contributed by atoms with Crippen molar-refractivity contribution < 1.29 is 9.90 Å². The van der Waals surface area contributed by atoms with E-state index in [4.69, 9.17) is 5.11 Å². The summed E-state index contributed by atoms with van der Waals surface area (Å²) in [5.74, 6) is -0.859. The molecule has 2 aromatic rings. The van der Waals surface area contributed by atoms with E-state index in [1.165, 1.54) is 0 Å². The van der Waals surface area contributed by atoms with Crippen molar-refractivity contribution >= 4 is 39.3 Å². The Bertz CT molecular complexity index is 547. The number of hydrogen-bond acceptors (Lipinski definition) is 1. The molecule has 0 aliphatic carbocycles. The van der Waals surface area contributed by atoms with E-state index in [0.29, 0.717) is 5.56 Å². The molecule has 0 fully saturated rings. The van der Waals surface area contributed by atoms with E-state index in [2.05, 4.69) is 22.6 Å². The molecule has 0 spiro atoms. The second kappa shape index (κ2) is 3.81. The number of carboxylic acid groups (broad SMARTS) is 1. The minimum absolute atomic E-state index is 0.411. The summed E-state index contributed by atoms with van der Waals surface area (Å²) in [6, 6.07) is 9.74. The fourth-order valence-electron chi connectivity index (χ4n) is 1.75. The molecule has 0 radical (unpaired) electrons. The maximum absolute atomic E-state index is 11.1. The zero-order valence-corrected chi connectivity index (χ0v) is 10.3. The Kier molecular flexibility index (Phi) is 2.65. The molecule has 0 amide bonds. The number of rotatable bonds is 1. The molecule has 0 aromatic heterocycles. The number of benzene rings is 2. The highest BCUT2D eigenvalue weighted by atomic mass is 127. The molecule has 1 N–H and O–H groups in total. The first-order valence-corrected chi connectivity index (χ1v) is 5.60. The molecule has 0 atom stereocenters. The Balaban J connectivity index is 2.90. The topological polar surface area (TPSA) is 37.3 Å². The highest BCUT2D eigenvalue weighted by molar-refractivity contribution is 14.1. The number of hydrogen-bond donors (Lipinski definition) is 1. The number of aromatic carboxylic acids is 1. The molecule has 0 heterocycles. The second-order valence-electron chi connectivity index (χ2n) is 3.38. The Morgan fingerprint density at radius 1 is 1.33 bits per heavy atom. The van der Waals surface area contributed by atoms with Crippen molar-refractivity contribution in [1.29, 1.82) is 0 Å². The lowest BCUT2D eigenvalue weighted by molar-refractivity contribution is 0.0695. The van der Waals surface area contributed by atoms with Crippen molar-refractivity contribution in [2.24, 2.45) is 0 Å². The molecule has 15 heavy (non-hydrogen) atoms. The molecule has 2 aromatic carbocycles. The van der Waals surface area contributed by atoms with Gasteiger partial charge in [-0.2, -0.15) is 0 Å². The fraction of sp³-hybridized carbons (Fsp3) is 0.0833. The zero-order chi connectivity index (χ0) is 11.0. The molecule has 0 saturated heterocycles. The fourth-order valence-corrected chi connectivity index (χ4v) is 2.72. The van der Waals surface area contributed by atoms with Gasteiger partial charge < -0.3 is 5.11 Å². The third-order valence-electron chi connectivity index (χ3n) is 2.47. The van der Waals surface area contributed by atoms with Crippen LogP contribution in [0.1, 0.15) is 15.9 Å². The third kappa shape index (κ3) is 1.71.